The minimum absolute atomic E-state index is 0.0208. The fraction of sp³-hybridized carbons (Fsp3) is 0.467. The van der Waals surface area contributed by atoms with Gasteiger partial charge in [-0.25, -0.2) is 4.39 Å². The summed E-state index contributed by atoms with van der Waals surface area (Å²) in [5, 5.41) is 2.81. The lowest BCUT2D eigenvalue weighted by atomic mass is 10.3. The molecule has 1 aliphatic rings. The maximum atomic E-state index is 13.6. The van der Waals surface area contributed by atoms with Gasteiger partial charge in [-0.1, -0.05) is 11.6 Å². The summed E-state index contributed by atoms with van der Waals surface area (Å²) in [4.78, 5) is 26.5. The van der Waals surface area contributed by atoms with Gasteiger partial charge in [0.25, 0.3) is 11.8 Å². The fourth-order valence-electron chi connectivity index (χ4n) is 2.31. The molecule has 6 nitrogen and oxygen atoms in total. The summed E-state index contributed by atoms with van der Waals surface area (Å²) in [6, 6.07) is 3.95. The number of ether oxygens (including phenoxy) is 1. The van der Waals surface area contributed by atoms with Crippen LogP contribution in [0.1, 0.15) is 0 Å². The quantitative estimate of drug-likeness (QED) is 0.777. The van der Waals surface area contributed by atoms with Gasteiger partial charge in [0.2, 0.25) is 0 Å². The van der Waals surface area contributed by atoms with Crippen LogP contribution in [0.4, 0.5) is 10.1 Å². The zero-order chi connectivity index (χ0) is 16.8. The molecule has 8 heteroatoms. The first-order chi connectivity index (χ1) is 11.0. The van der Waals surface area contributed by atoms with Gasteiger partial charge in [0.1, 0.15) is 5.82 Å². The van der Waals surface area contributed by atoms with Crippen LogP contribution in [0.2, 0.25) is 5.02 Å². The average Bonchev–Trinajstić information content (AvgIpc) is 2.51. The van der Waals surface area contributed by atoms with Gasteiger partial charge in [0, 0.05) is 18.1 Å². The number of carbonyl (C=O) groups excluding carboxylic acids is 2. The first-order valence-corrected chi connectivity index (χ1v) is 7.75. The van der Waals surface area contributed by atoms with Crippen molar-refractivity contribution < 1.29 is 23.6 Å². The highest BCUT2D eigenvalue weighted by Crippen LogP contribution is 2.19. The molecule has 1 unspecified atom stereocenters. The van der Waals surface area contributed by atoms with Crippen LogP contribution in [-0.2, 0) is 14.3 Å². The smallest absolute Gasteiger partial charge is 0.279 e. The highest BCUT2D eigenvalue weighted by Gasteiger charge is 2.21. The molecule has 0 aliphatic carbocycles. The van der Waals surface area contributed by atoms with Gasteiger partial charge < -0.3 is 19.9 Å². The Morgan fingerprint density at radius 3 is 2.74 bits per heavy atom. The van der Waals surface area contributed by atoms with Gasteiger partial charge in [-0.05, 0) is 18.2 Å². The van der Waals surface area contributed by atoms with E-state index in [1.807, 2.05) is 0 Å². The van der Waals surface area contributed by atoms with Gasteiger partial charge in [0.15, 0.2) is 13.1 Å². The molecule has 2 amide bonds. The number of hydrogen-bond acceptors (Lipinski definition) is 3. The Kier molecular flexibility index (Phi) is 6.32. The molecule has 2 rings (SSSR count). The molecule has 0 saturated carbocycles. The number of anilines is 1. The van der Waals surface area contributed by atoms with E-state index in [-0.39, 0.29) is 30.6 Å². The van der Waals surface area contributed by atoms with Gasteiger partial charge in [-0.15, -0.1) is 0 Å². The van der Waals surface area contributed by atoms with E-state index in [1.54, 1.807) is 11.9 Å². The van der Waals surface area contributed by atoms with Crippen LogP contribution >= 0.6 is 11.6 Å². The number of amides is 2. The number of carbonyl (C=O) groups is 2. The number of likely N-dealkylation sites (N-methyl/N-ethyl adjacent to an activating group) is 1. The molecule has 0 spiro atoms. The summed E-state index contributed by atoms with van der Waals surface area (Å²) in [6.45, 7) is 2.49. The third kappa shape index (κ3) is 5.46. The lowest BCUT2D eigenvalue weighted by Gasteiger charge is -2.27. The monoisotopic (exact) mass is 344 g/mol. The number of hydrogen-bond donors (Lipinski definition) is 2. The molecule has 1 saturated heterocycles. The summed E-state index contributed by atoms with van der Waals surface area (Å²) in [6.07, 6.45) is 0. The topological polar surface area (TPSA) is 63.1 Å². The van der Waals surface area contributed by atoms with E-state index >= 15 is 0 Å². The molecular weight excluding hydrogens is 325 g/mol. The van der Waals surface area contributed by atoms with E-state index in [4.69, 9.17) is 16.3 Å². The Balaban J connectivity index is 1.82. The number of nitrogens with zero attached hydrogens (tertiary/aromatic N) is 1. The van der Waals surface area contributed by atoms with Gasteiger partial charge in [-0.2, -0.15) is 0 Å². The molecule has 1 heterocycles. The molecule has 0 bridgehead atoms. The van der Waals surface area contributed by atoms with E-state index in [9.17, 15) is 14.0 Å². The predicted molar refractivity (Wildman–Crippen MR) is 84.1 cm³/mol. The van der Waals surface area contributed by atoms with Crippen LogP contribution in [0.5, 0.6) is 0 Å². The standard InChI is InChI=1S/C15H19ClFN3O3/c1-19(10-15(22)20-4-6-23-7-5-20)9-14(21)18-13-8-11(16)2-3-12(13)17/h2-3,8H,4-7,9-10H2,1H3,(H,18,21)/p+1. The second kappa shape index (κ2) is 8.24. The average molecular weight is 345 g/mol. The lowest BCUT2D eigenvalue weighted by Crippen LogP contribution is -3.11. The molecule has 126 valence electrons. The predicted octanol–water partition coefficient (Wildman–Crippen LogP) is -0.209. The Bertz CT molecular complexity index is 579. The lowest BCUT2D eigenvalue weighted by molar-refractivity contribution is -0.862. The third-order valence-corrected chi connectivity index (χ3v) is 3.72. The van der Waals surface area contributed by atoms with Crippen LogP contribution in [-0.4, -0.2) is 63.2 Å². The van der Waals surface area contributed by atoms with Gasteiger partial charge in [-0.3, -0.25) is 9.59 Å². The van der Waals surface area contributed by atoms with Crippen molar-refractivity contribution in [2.24, 2.45) is 0 Å². The van der Waals surface area contributed by atoms with Gasteiger partial charge in [0.05, 0.1) is 25.9 Å². The van der Waals surface area contributed by atoms with Crippen LogP contribution in [0.25, 0.3) is 0 Å². The van der Waals surface area contributed by atoms with Crippen molar-refractivity contribution in [3.63, 3.8) is 0 Å². The van der Waals surface area contributed by atoms with Crippen LogP contribution < -0.4 is 10.2 Å². The van der Waals surface area contributed by atoms with E-state index < -0.39 is 5.82 Å². The largest absolute Gasteiger partial charge is 0.378 e. The maximum Gasteiger partial charge on any atom is 0.279 e. The molecular formula is C15H20ClFN3O3+. The second-order valence-electron chi connectivity index (χ2n) is 5.48. The number of nitrogens with one attached hydrogen (secondary N) is 2. The Hall–Kier alpha value is -1.70. The minimum Gasteiger partial charge on any atom is -0.378 e. The summed E-state index contributed by atoms with van der Waals surface area (Å²) < 4.78 is 18.8. The third-order valence-electron chi connectivity index (χ3n) is 3.48. The maximum absolute atomic E-state index is 13.6. The first kappa shape index (κ1) is 17.7. The Morgan fingerprint density at radius 2 is 2.04 bits per heavy atom. The van der Waals surface area contributed by atoms with E-state index in [0.29, 0.717) is 31.3 Å². The minimum atomic E-state index is -0.551. The highest BCUT2D eigenvalue weighted by atomic mass is 35.5. The molecule has 1 aliphatic heterocycles. The Morgan fingerprint density at radius 1 is 1.35 bits per heavy atom. The number of rotatable bonds is 5. The van der Waals surface area contributed by atoms with Crippen LogP contribution in [0, 0.1) is 5.82 Å². The normalized spacial score (nSPS) is 16.0. The van der Waals surface area contributed by atoms with E-state index in [2.05, 4.69) is 5.32 Å². The van der Waals surface area contributed by atoms with E-state index in [1.165, 1.54) is 18.2 Å². The van der Waals surface area contributed by atoms with Crippen LogP contribution in [0.15, 0.2) is 18.2 Å². The Labute approximate surface area is 139 Å². The number of morpholine rings is 1. The molecule has 1 atom stereocenters. The molecule has 2 N–H and O–H groups in total. The molecule has 0 radical (unpaired) electrons. The summed E-state index contributed by atoms with van der Waals surface area (Å²) in [5.41, 5.74) is 0.0369. The van der Waals surface area contributed by atoms with Crippen molar-refractivity contribution in [1.82, 2.24) is 4.90 Å². The number of quaternary nitrogens is 1. The molecule has 0 aromatic heterocycles. The fourth-order valence-corrected chi connectivity index (χ4v) is 2.48. The number of halogens is 2. The molecule has 23 heavy (non-hydrogen) atoms. The second-order valence-corrected chi connectivity index (χ2v) is 5.91. The molecule has 1 aromatic rings. The first-order valence-electron chi connectivity index (χ1n) is 7.37. The van der Waals surface area contributed by atoms with Crippen molar-refractivity contribution in [2.75, 3.05) is 51.8 Å². The van der Waals surface area contributed by atoms with E-state index in [0.717, 1.165) is 4.90 Å². The van der Waals surface area contributed by atoms with Crippen molar-refractivity contribution in [2.45, 2.75) is 0 Å². The van der Waals surface area contributed by atoms with Crippen molar-refractivity contribution in [3.05, 3.63) is 29.0 Å². The summed E-state index contributed by atoms with van der Waals surface area (Å²) in [5.74, 6) is -0.948. The molecule has 1 fully saturated rings. The zero-order valence-corrected chi connectivity index (χ0v) is 13.7. The van der Waals surface area contributed by atoms with Crippen molar-refractivity contribution >= 4 is 29.1 Å². The molecule has 1 aromatic carbocycles. The zero-order valence-electron chi connectivity index (χ0n) is 12.9. The SMILES string of the molecule is C[NH+](CC(=O)Nc1cc(Cl)ccc1F)CC(=O)N1CCOCC1. The van der Waals surface area contributed by atoms with Gasteiger partial charge >= 0.3 is 0 Å². The summed E-state index contributed by atoms with van der Waals surface area (Å²) in [7, 11) is 1.74. The number of benzene rings is 1. The highest BCUT2D eigenvalue weighted by molar-refractivity contribution is 6.30. The van der Waals surface area contributed by atoms with Crippen molar-refractivity contribution in [1.29, 1.82) is 0 Å². The van der Waals surface area contributed by atoms with Crippen LogP contribution in [0.3, 0.4) is 0 Å². The summed E-state index contributed by atoms with van der Waals surface area (Å²) >= 11 is 5.78. The van der Waals surface area contributed by atoms with Crippen molar-refractivity contribution in [3.8, 4) is 0 Å².